The van der Waals surface area contributed by atoms with Gasteiger partial charge < -0.3 is 11.5 Å². The molecule has 5 heteroatoms. The summed E-state index contributed by atoms with van der Waals surface area (Å²) < 4.78 is 0. The lowest BCUT2D eigenvalue weighted by atomic mass is 9.82. The lowest BCUT2D eigenvalue weighted by Crippen LogP contribution is -2.47. The fourth-order valence-corrected chi connectivity index (χ4v) is 1.33. The Morgan fingerprint density at radius 2 is 2.25 bits per heavy atom. The average molecular weight is 173 g/mol. The fourth-order valence-electron chi connectivity index (χ4n) is 1.33. The Kier molecular flexibility index (Phi) is 2.88. The van der Waals surface area contributed by atoms with Crippen LogP contribution in [-0.2, 0) is 0 Å². The number of hydrogen-bond acceptors (Lipinski definition) is 3. The van der Waals surface area contributed by atoms with Crippen molar-refractivity contribution in [2.24, 2.45) is 17.4 Å². The number of urea groups is 1. The largest absolute Gasteiger partial charge is 0.350 e. The molecule has 0 spiro atoms. The van der Waals surface area contributed by atoms with Gasteiger partial charge in [-0.05, 0) is 12.3 Å². The van der Waals surface area contributed by atoms with Crippen LogP contribution in [0.2, 0.25) is 0 Å². The van der Waals surface area contributed by atoms with Crippen LogP contribution < -0.4 is 11.5 Å². The topological polar surface area (TPSA) is 92.6 Å². The van der Waals surface area contributed by atoms with Crippen molar-refractivity contribution in [2.75, 3.05) is 0 Å². The number of rotatable bonds is 3. The van der Waals surface area contributed by atoms with Crippen LogP contribution in [0.25, 0.3) is 0 Å². The number of primary amides is 1. The predicted molar refractivity (Wildman–Crippen MR) is 43.1 cm³/mol. The first kappa shape index (κ1) is 9.28. The minimum atomic E-state index is -0.887. The standard InChI is InChI=1S/C7H15N3O2/c8-6(10(12)7(9)11)4-5-2-1-3-5/h5-6,12H,1-4,8H2,(H2,9,11). The van der Waals surface area contributed by atoms with Crippen molar-refractivity contribution < 1.29 is 10.0 Å². The van der Waals surface area contributed by atoms with E-state index < -0.39 is 12.2 Å². The first-order chi connectivity index (χ1) is 5.61. The molecule has 1 saturated carbocycles. The summed E-state index contributed by atoms with van der Waals surface area (Å²) in [5.74, 6) is 0.550. The summed E-state index contributed by atoms with van der Waals surface area (Å²) in [6, 6.07) is -0.887. The van der Waals surface area contributed by atoms with Gasteiger partial charge in [0.15, 0.2) is 0 Å². The molecule has 0 aromatic rings. The highest BCUT2D eigenvalue weighted by Gasteiger charge is 2.24. The monoisotopic (exact) mass is 173 g/mol. The van der Waals surface area contributed by atoms with Crippen molar-refractivity contribution in [3.8, 4) is 0 Å². The molecule has 0 aliphatic heterocycles. The lowest BCUT2D eigenvalue weighted by molar-refractivity contribution is -0.0814. The molecule has 12 heavy (non-hydrogen) atoms. The number of carbonyl (C=O) groups is 1. The Hall–Kier alpha value is -0.810. The summed E-state index contributed by atoms with van der Waals surface area (Å²) >= 11 is 0. The van der Waals surface area contributed by atoms with Gasteiger partial charge in [0, 0.05) is 0 Å². The summed E-state index contributed by atoms with van der Waals surface area (Å²) in [6.45, 7) is 0. The second kappa shape index (κ2) is 3.73. The van der Waals surface area contributed by atoms with Crippen molar-refractivity contribution in [3.05, 3.63) is 0 Å². The number of hydroxylamine groups is 2. The van der Waals surface area contributed by atoms with Gasteiger partial charge in [-0.15, -0.1) is 0 Å². The van der Waals surface area contributed by atoms with Gasteiger partial charge in [0.1, 0.15) is 6.17 Å². The molecule has 1 fully saturated rings. The molecule has 0 saturated heterocycles. The predicted octanol–water partition coefficient (Wildman–Crippen LogP) is 0.231. The van der Waals surface area contributed by atoms with Crippen LogP contribution in [0.1, 0.15) is 25.7 Å². The highest BCUT2D eigenvalue weighted by molar-refractivity contribution is 5.70. The third kappa shape index (κ3) is 2.09. The maximum Gasteiger partial charge on any atom is 0.340 e. The van der Waals surface area contributed by atoms with E-state index in [1.165, 1.54) is 6.42 Å². The minimum Gasteiger partial charge on any atom is -0.350 e. The first-order valence-corrected chi connectivity index (χ1v) is 4.14. The molecule has 1 rings (SSSR count). The molecule has 1 aliphatic rings. The molecule has 0 heterocycles. The zero-order chi connectivity index (χ0) is 9.14. The second-order valence-electron chi connectivity index (χ2n) is 3.28. The lowest BCUT2D eigenvalue weighted by Gasteiger charge is -2.30. The van der Waals surface area contributed by atoms with Crippen LogP contribution in [0.15, 0.2) is 0 Å². The molecule has 70 valence electrons. The van der Waals surface area contributed by atoms with Crippen LogP contribution in [0.5, 0.6) is 0 Å². The van der Waals surface area contributed by atoms with Crippen LogP contribution in [0.4, 0.5) is 4.79 Å². The van der Waals surface area contributed by atoms with Gasteiger partial charge in [0.25, 0.3) is 0 Å². The van der Waals surface area contributed by atoms with E-state index in [4.69, 9.17) is 16.7 Å². The maximum atomic E-state index is 10.4. The van der Waals surface area contributed by atoms with E-state index >= 15 is 0 Å². The molecular weight excluding hydrogens is 158 g/mol. The molecule has 2 amide bonds. The molecule has 1 aliphatic carbocycles. The molecule has 0 radical (unpaired) electrons. The molecular formula is C7H15N3O2. The van der Waals surface area contributed by atoms with Gasteiger partial charge in [-0.3, -0.25) is 5.21 Å². The normalized spacial score (nSPS) is 19.8. The number of carbonyl (C=O) groups excluding carboxylic acids is 1. The Bertz CT molecular complexity index is 170. The van der Waals surface area contributed by atoms with E-state index in [-0.39, 0.29) is 0 Å². The number of nitrogens with two attached hydrogens (primary N) is 2. The van der Waals surface area contributed by atoms with E-state index in [2.05, 4.69) is 0 Å². The molecule has 5 nitrogen and oxygen atoms in total. The molecule has 0 aromatic heterocycles. The summed E-state index contributed by atoms with van der Waals surface area (Å²) in [6.07, 6.45) is 3.49. The third-order valence-electron chi connectivity index (χ3n) is 2.34. The van der Waals surface area contributed by atoms with Gasteiger partial charge in [0.05, 0.1) is 0 Å². The number of amides is 2. The number of nitrogens with zero attached hydrogens (tertiary/aromatic N) is 1. The summed E-state index contributed by atoms with van der Waals surface area (Å²) in [4.78, 5) is 10.4. The fraction of sp³-hybridized carbons (Fsp3) is 0.857. The zero-order valence-corrected chi connectivity index (χ0v) is 6.94. The number of hydrogen-bond donors (Lipinski definition) is 3. The van der Waals surface area contributed by atoms with Crippen LogP contribution in [0.3, 0.4) is 0 Å². The highest BCUT2D eigenvalue weighted by atomic mass is 16.5. The smallest absolute Gasteiger partial charge is 0.340 e. The van der Waals surface area contributed by atoms with Gasteiger partial charge in [-0.25, -0.2) is 4.79 Å². The summed E-state index contributed by atoms with van der Waals surface area (Å²) in [5.41, 5.74) is 10.3. The maximum absolute atomic E-state index is 10.4. The first-order valence-electron chi connectivity index (χ1n) is 4.14. The third-order valence-corrected chi connectivity index (χ3v) is 2.34. The Morgan fingerprint density at radius 1 is 1.67 bits per heavy atom. The Morgan fingerprint density at radius 3 is 2.58 bits per heavy atom. The van der Waals surface area contributed by atoms with E-state index in [1.54, 1.807) is 0 Å². The van der Waals surface area contributed by atoms with Crippen molar-refractivity contribution in [3.63, 3.8) is 0 Å². The SMILES string of the molecule is NC(=O)N(O)C(N)CC1CCC1. The van der Waals surface area contributed by atoms with E-state index in [9.17, 15) is 4.79 Å². The highest BCUT2D eigenvalue weighted by Crippen LogP contribution is 2.30. The minimum absolute atomic E-state index is 0.401. The van der Waals surface area contributed by atoms with Gasteiger partial charge >= 0.3 is 6.03 Å². The van der Waals surface area contributed by atoms with E-state index in [0.717, 1.165) is 12.8 Å². The molecule has 1 atom stereocenters. The molecule has 1 unspecified atom stereocenters. The van der Waals surface area contributed by atoms with Gasteiger partial charge in [-0.1, -0.05) is 19.3 Å². The zero-order valence-electron chi connectivity index (χ0n) is 6.94. The Labute approximate surface area is 71.3 Å². The summed E-state index contributed by atoms with van der Waals surface area (Å²) in [5, 5.41) is 9.40. The van der Waals surface area contributed by atoms with Crippen molar-refractivity contribution in [2.45, 2.75) is 31.8 Å². The molecule has 0 aromatic carbocycles. The van der Waals surface area contributed by atoms with E-state index in [1.807, 2.05) is 0 Å². The summed E-state index contributed by atoms with van der Waals surface area (Å²) in [7, 11) is 0. The van der Waals surface area contributed by atoms with Gasteiger partial charge in [-0.2, -0.15) is 5.06 Å². The van der Waals surface area contributed by atoms with Crippen molar-refractivity contribution >= 4 is 6.03 Å². The quantitative estimate of drug-likeness (QED) is 0.324. The van der Waals surface area contributed by atoms with Crippen LogP contribution >= 0.6 is 0 Å². The Balaban J connectivity index is 2.25. The van der Waals surface area contributed by atoms with Crippen LogP contribution in [0, 0.1) is 5.92 Å². The molecule has 0 bridgehead atoms. The van der Waals surface area contributed by atoms with Crippen LogP contribution in [-0.4, -0.2) is 22.5 Å². The van der Waals surface area contributed by atoms with E-state index in [0.29, 0.717) is 17.4 Å². The second-order valence-corrected chi connectivity index (χ2v) is 3.28. The molecule has 5 N–H and O–H groups in total. The van der Waals surface area contributed by atoms with Crippen molar-refractivity contribution in [1.29, 1.82) is 0 Å². The van der Waals surface area contributed by atoms with Gasteiger partial charge in [0.2, 0.25) is 0 Å². The average Bonchev–Trinajstić information content (AvgIpc) is 1.94. The van der Waals surface area contributed by atoms with Crippen molar-refractivity contribution in [1.82, 2.24) is 5.06 Å².